The molecule has 0 radical (unpaired) electrons. The molecule has 31 heavy (non-hydrogen) atoms. The molecular weight excluding hydrogens is 388 g/mol. The lowest BCUT2D eigenvalue weighted by Crippen LogP contribution is -2.41. The first kappa shape index (κ1) is 20.5. The lowest BCUT2D eigenvalue weighted by Gasteiger charge is -2.31. The molecule has 1 N–H and O–H groups in total. The largest absolute Gasteiger partial charge is 0.339 e. The molecular formula is C26H24N2O3. The van der Waals surface area contributed by atoms with Crippen molar-refractivity contribution in [3.05, 3.63) is 102 Å². The third kappa shape index (κ3) is 4.72. The summed E-state index contributed by atoms with van der Waals surface area (Å²) in [5.41, 5.74) is 2.14. The smallest absolute Gasteiger partial charge is 0.254 e. The molecule has 1 aliphatic heterocycles. The standard InChI is InChI=1S/C26H24N2O3/c29-24(19-9-3-1-4-10-19)22-13-7-8-14-23(22)26(31)28-17-15-20(16-18-28)25(30)27-21-11-5-2-6-12-21/h1-14,20H,15-18H2,(H,27,30). The minimum absolute atomic E-state index is 0.0158. The molecule has 4 rings (SSSR count). The van der Waals surface area contributed by atoms with E-state index >= 15 is 0 Å². The van der Waals surface area contributed by atoms with Gasteiger partial charge in [-0.1, -0.05) is 66.7 Å². The van der Waals surface area contributed by atoms with Crippen LogP contribution in [-0.4, -0.2) is 35.6 Å². The van der Waals surface area contributed by atoms with Gasteiger partial charge >= 0.3 is 0 Å². The number of likely N-dealkylation sites (tertiary alicyclic amines) is 1. The third-order valence-electron chi connectivity index (χ3n) is 5.63. The van der Waals surface area contributed by atoms with Crippen LogP contribution in [0.3, 0.4) is 0 Å². The van der Waals surface area contributed by atoms with Crippen molar-refractivity contribution in [2.45, 2.75) is 12.8 Å². The monoisotopic (exact) mass is 412 g/mol. The van der Waals surface area contributed by atoms with Crippen molar-refractivity contribution in [3.63, 3.8) is 0 Å². The zero-order chi connectivity index (χ0) is 21.6. The fraction of sp³-hybridized carbons (Fsp3) is 0.192. The Hall–Kier alpha value is -3.73. The van der Waals surface area contributed by atoms with Crippen molar-refractivity contribution < 1.29 is 14.4 Å². The number of hydrogen-bond donors (Lipinski definition) is 1. The van der Waals surface area contributed by atoms with E-state index in [1.807, 2.05) is 48.5 Å². The highest BCUT2D eigenvalue weighted by Crippen LogP contribution is 2.23. The maximum atomic E-state index is 13.2. The van der Waals surface area contributed by atoms with Gasteiger partial charge in [-0.25, -0.2) is 0 Å². The molecule has 1 heterocycles. The molecule has 5 nitrogen and oxygen atoms in total. The van der Waals surface area contributed by atoms with Crippen molar-refractivity contribution in [1.82, 2.24) is 4.90 Å². The number of nitrogens with one attached hydrogen (secondary N) is 1. The van der Waals surface area contributed by atoms with Gasteiger partial charge in [0.25, 0.3) is 5.91 Å². The Morgan fingerprint density at radius 2 is 1.26 bits per heavy atom. The Morgan fingerprint density at radius 3 is 1.90 bits per heavy atom. The first-order valence-electron chi connectivity index (χ1n) is 10.5. The number of carbonyl (C=O) groups excluding carboxylic acids is 3. The number of amides is 2. The summed E-state index contributed by atoms with van der Waals surface area (Å²) < 4.78 is 0. The molecule has 1 fully saturated rings. The Balaban J connectivity index is 1.42. The summed E-state index contributed by atoms with van der Waals surface area (Å²) in [5.74, 6) is -0.480. The molecule has 3 aromatic rings. The second-order valence-corrected chi connectivity index (χ2v) is 7.66. The van der Waals surface area contributed by atoms with Crippen LogP contribution in [0.5, 0.6) is 0 Å². The second kappa shape index (κ2) is 9.39. The van der Waals surface area contributed by atoms with Crippen LogP contribution < -0.4 is 5.32 Å². The van der Waals surface area contributed by atoms with Crippen LogP contribution in [0.4, 0.5) is 5.69 Å². The summed E-state index contributed by atoms with van der Waals surface area (Å²) in [7, 11) is 0. The zero-order valence-corrected chi connectivity index (χ0v) is 17.2. The van der Waals surface area contributed by atoms with E-state index in [1.165, 1.54) is 0 Å². The van der Waals surface area contributed by atoms with E-state index in [-0.39, 0.29) is 23.5 Å². The van der Waals surface area contributed by atoms with Gasteiger partial charge in [0.1, 0.15) is 0 Å². The average Bonchev–Trinajstić information content (AvgIpc) is 2.84. The number of hydrogen-bond acceptors (Lipinski definition) is 3. The predicted octanol–water partition coefficient (Wildman–Crippen LogP) is 4.41. The summed E-state index contributed by atoms with van der Waals surface area (Å²) >= 11 is 0. The molecule has 5 heteroatoms. The van der Waals surface area contributed by atoms with E-state index in [0.717, 1.165) is 5.69 Å². The summed E-state index contributed by atoms with van der Waals surface area (Å²) in [6.07, 6.45) is 1.19. The molecule has 1 aliphatic rings. The number of ketones is 1. The van der Waals surface area contributed by atoms with Crippen LogP contribution in [-0.2, 0) is 4.79 Å². The summed E-state index contributed by atoms with van der Waals surface area (Å²) in [4.78, 5) is 40.4. The van der Waals surface area contributed by atoms with E-state index < -0.39 is 0 Å². The minimum atomic E-state index is -0.165. The van der Waals surface area contributed by atoms with E-state index in [2.05, 4.69) is 5.32 Å². The van der Waals surface area contributed by atoms with Crippen LogP contribution in [0.15, 0.2) is 84.9 Å². The van der Waals surface area contributed by atoms with Gasteiger partial charge in [-0.05, 0) is 31.0 Å². The van der Waals surface area contributed by atoms with Crippen molar-refractivity contribution in [2.24, 2.45) is 5.92 Å². The van der Waals surface area contributed by atoms with Gasteiger partial charge in [0.2, 0.25) is 5.91 Å². The lowest BCUT2D eigenvalue weighted by atomic mass is 9.93. The first-order chi connectivity index (χ1) is 15.1. The molecule has 0 bridgehead atoms. The maximum Gasteiger partial charge on any atom is 0.254 e. The summed E-state index contributed by atoms with van der Waals surface area (Å²) in [5, 5.41) is 2.94. The number of rotatable bonds is 5. The average molecular weight is 412 g/mol. The van der Waals surface area contributed by atoms with Gasteiger partial charge < -0.3 is 10.2 Å². The quantitative estimate of drug-likeness (QED) is 0.632. The van der Waals surface area contributed by atoms with Crippen LogP contribution >= 0.6 is 0 Å². The highest BCUT2D eigenvalue weighted by Gasteiger charge is 2.29. The molecule has 0 aliphatic carbocycles. The van der Waals surface area contributed by atoms with Gasteiger partial charge in [0.05, 0.1) is 5.56 Å². The fourth-order valence-electron chi connectivity index (χ4n) is 3.89. The Kier molecular flexibility index (Phi) is 6.22. The molecule has 0 saturated carbocycles. The van der Waals surface area contributed by atoms with Crippen molar-refractivity contribution in [2.75, 3.05) is 18.4 Å². The zero-order valence-electron chi connectivity index (χ0n) is 17.2. The number of para-hydroxylation sites is 1. The van der Waals surface area contributed by atoms with Gasteiger partial charge in [-0.2, -0.15) is 0 Å². The highest BCUT2D eigenvalue weighted by atomic mass is 16.2. The number of anilines is 1. The number of carbonyl (C=O) groups is 3. The molecule has 2 amide bonds. The van der Waals surface area contributed by atoms with Gasteiger partial charge in [0.15, 0.2) is 5.78 Å². The molecule has 0 unspecified atom stereocenters. The highest BCUT2D eigenvalue weighted by molar-refractivity contribution is 6.15. The molecule has 0 aromatic heterocycles. The van der Waals surface area contributed by atoms with Crippen LogP contribution in [0, 0.1) is 5.92 Å². The molecule has 0 spiro atoms. The third-order valence-corrected chi connectivity index (χ3v) is 5.63. The van der Waals surface area contributed by atoms with Crippen molar-refractivity contribution in [1.29, 1.82) is 0 Å². The Labute approximate surface area is 181 Å². The first-order valence-corrected chi connectivity index (χ1v) is 10.5. The lowest BCUT2D eigenvalue weighted by molar-refractivity contribution is -0.121. The van der Waals surface area contributed by atoms with Gasteiger partial charge in [0, 0.05) is 35.8 Å². The van der Waals surface area contributed by atoms with Crippen molar-refractivity contribution in [3.8, 4) is 0 Å². The van der Waals surface area contributed by atoms with Gasteiger partial charge in [-0.3, -0.25) is 14.4 Å². The maximum absolute atomic E-state index is 13.2. The number of benzene rings is 3. The fourth-order valence-corrected chi connectivity index (χ4v) is 3.89. The van der Waals surface area contributed by atoms with Crippen LogP contribution in [0.1, 0.15) is 39.1 Å². The van der Waals surface area contributed by atoms with E-state index in [1.54, 1.807) is 41.3 Å². The van der Waals surface area contributed by atoms with E-state index in [0.29, 0.717) is 42.6 Å². The Morgan fingerprint density at radius 1 is 0.710 bits per heavy atom. The molecule has 0 atom stereocenters. The predicted molar refractivity (Wildman–Crippen MR) is 120 cm³/mol. The van der Waals surface area contributed by atoms with Crippen LogP contribution in [0.25, 0.3) is 0 Å². The normalized spacial score (nSPS) is 14.1. The summed E-state index contributed by atoms with van der Waals surface area (Å²) in [6.45, 7) is 0.971. The number of piperidine rings is 1. The van der Waals surface area contributed by atoms with Gasteiger partial charge in [-0.15, -0.1) is 0 Å². The Bertz CT molecular complexity index is 1070. The van der Waals surface area contributed by atoms with Crippen LogP contribution in [0.2, 0.25) is 0 Å². The summed E-state index contributed by atoms with van der Waals surface area (Å²) in [6, 6.07) is 25.3. The molecule has 3 aromatic carbocycles. The number of nitrogens with zero attached hydrogens (tertiary/aromatic N) is 1. The molecule has 156 valence electrons. The van der Waals surface area contributed by atoms with Crippen molar-refractivity contribution >= 4 is 23.3 Å². The topological polar surface area (TPSA) is 66.5 Å². The minimum Gasteiger partial charge on any atom is -0.339 e. The SMILES string of the molecule is O=C(c1ccccc1)c1ccccc1C(=O)N1CCC(C(=O)Nc2ccccc2)CC1. The molecule has 1 saturated heterocycles. The van der Waals surface area contributed by atoms with E-state index in [4.69, 9.17) is 0 Å². The van der Waals surface area contributed by atoms with E-state index in [9.17, 15) is 14.4 Å². The second-order valence-electron chi connectivity index (χ2n) is 7.66.